The standard InChI is InChI=1S/C16H22N2O2/c1-3-5-14(19)18-13-8-6-12(7-9-13)16(10-11-16)15(20)17-4-2/h6-9H,3-5,10-11H2,1-2H3,(H,17,20)(H,18,19). The molecule has 0 saturated heterocycles. The Bertz CT molecular complexity index is 490. The van der Waals surface area contributed by atoms with Crippen LogP contribution >= 0.6 is 0 Å². The van der Waals surface area contributed by atoms with Crippen LogP contribution in [0.15, 0.2) is 24.3 Å². The number of amides is 2. The third kappa shape index (κ3) is 3.00. The van der Waals surface area contributed by atoms with Gasteiger partial charge in [-0.3, -0.25) is 9.59 Å². The zero-order chi connectivity index (χ0) is 14.6. The highest BCUT2D eigenvalue weighted by Gasteiger charge is 2.50. The summed E-state index contributed by atoms with van der Waals surface area (Å²) >= 11 is 0. The van der Waals surface area contributed by atoms with Gasteiger partial charge in [-0.2, -0.15) is 0 Å². The lowest BCUT2D eigenvalue weighted by Gasteiger charge is -2.15. The van der Waals surface area contributed by atoms with Crippen LogP contribution in [0.4, 0.5) is 5.69 Å². The van der Waals surface area contributed by atoms with Crippen LogP contribution < -0.4 is 10.6 Å². The molecule has 2 rings (SSSR count). The summed E-state index contributed by atoms with van der Waals surface area (Å²) in [6, 6.07) is 7.65. The Morgan fingerprint density at radius 1 is 1.15 bits per heavy atom. The second-order valence-electron chi connectivity index (χ2n) is 5.32. The van der Waals surface area contributed by atoms with Gasteiger partial charge in [0, 0.05) is 18.7 Å². The minimum absolute atomic E-state index is 0.0325. The SMILES string of the molecule is CCCC(=O)Nc1ccc(C2(C(=O)NCC)CC2)cc1. The van der Waals surface area contributed by atoms with Gasteiger partial charge in [0.05, 0.1) is 5.41 Å². The molecule has 0 aliphatic heterocycles. The highest BCUT2D eigenvalue weighted by Crippen LogP contribution is 2.48. The lowest BCUT2D eigenvalue weighted by atomic mass is 9.94. The van der Waals surface area contributed by atoms with Gasteiger partial charge in [0.15, 0.2) is 0 Å². The molecule has 4 heteroatoms. The monoisotopic (exact) mass is 274 g/mol. The van der Waals surface area contributed by atoms with Crippen molar-refractivity contribution in [2.24, 2.45) is 0 Å². The van der Waals surface area contributed by atoms with Gasteiger partial charge in [-0.25, -0.2) is 0 Å². The Morgan fingerprint density at radius 3 is 2.30 bits per heavy atom. The minimum Gasteiger partial charge on any atom is -0.356 e. The van der Waals surface area contributed by atoms with Crippen LogP contribution in [-0.4, -0.2) is 18.4 Å². The molecule has 1 aromatic rings. The molecule has 0 atom stereocenters. The van der Waals surface area contributed by atoms with Gasteiger partial charge >= 0.3 is 0 Å². The molecule has 1 fully saturated rings. The molecule has 0 heterocycles. The smallest absolute Gasteiger partial charge is 0.230 e. The van der Waals surface area contributed by atoms with Gasteiger partial charge in [-0.05, 0) is 43.9 Å². The summed E-state index contributed by atoms with van der Waals surface area (Å²) < 4.78 is 0. The number of nitrogens with one attached hydrogen (secondary N) is 2. The van der Waals surface area contributed by atoms with Crippen molar-refractivity contribution in [2.45, 2.75) is 44.9 Å². The Balaban J connectivity index is 2.05. The Hall–Kier alpha value is -1.84. The molecule has 1 aliphatic carbocycles. The Morgan fingerprint density at radius 2 is 1.80 bits per heavy atom. The lowest BCUT2D eigenvalue weighted by Crippen LogP contribution is -2.34. The number of rotatable bonds is 6. The zero-order valence-corrected chi connectivity index (χ0v) is 12.2. The summed E-state index contributed by atoms with van der Waals surface area (Å²) in [6.45, 7) is 4.57. The van der Waals surface area contributed by atoms with Crippen molar-refractivity contribution in [1.82, 2.24) is 5.32 Å². The van der Waals surface area contributed by atoms with Crippen molar-refractivity contribution in [3.05, 3.63) is 29.8 Å². The summed E-state index contributed by atoms with van der Waals surface area (Å²) in [4.78, 5) is 23.6. The molecule has 0 spiro atoms. The summed E-state index contributed by atoms with van der Waals surface area (Å²) in [5.41, 5.74) is 1.50. The van der Waals surface area contributed by atoms with Crippen LogP contribution in [0, 0.1) is 0 Å². The first-order valence-corrected chi connectivity index (χ1v) is 7.31. The molecule has 0 bridgehead atoms. The number of hydrogen-bond acceptors (Lipinski definition) is 2. The summed E-state index contributed by atoms with van der Waals surface area (Å²) in [7, 11) is 0. The van der Waals surface area contributed by atoms with Gasteiger partial charge in [-0.1, -0.05) is 19.1 Å². The number of likely N-dealkylation sites (N-methyl/N-ethyl adjacent to an activating group) is 1. The first-order valence-electron chi connectivity index (χ1n) is 7.31. The van der Waals surface area contributed by atoms with E-state index in [-0.39, 0.29) is 17.2 Å². The molecule has 108 valence electrons. The summed E-state index contributed by atoms with van der Waals surface area (Å²) in [5.74, 6) is 0.146. The maximum absolute atomic E-state index is 12.1. The van der Waals surface area contributed by atoms with E-state index in [0.717, 1.165) is 30.5 Å². The van der Waals surface area contributed by atoms with Gasteiger partial charge in [-0.15, -0.1) is 0 Å². The van der Waals surface area contributed by atoms with Gasteiger partial charge in [0.2, 0.25) is 11.8 Å². The van der Waals surface area contributed by atoms with Crippen LogP contribution in [0.3, 0.4) is 0 Å². The second-order valence-corrected chi connectivity index (χ2v) is 5.32. The van der Waals surface area contributed by atoms with E-state index < -0.39 is 0 Å². The fourth-order valence-electron chi connectivity index (χ4n) is 2.42. The van der Waals surface area contributed by atoms with Crippen molar-refractivity contribution >= 4 is 17.5 Å². The fourth-order valence-corrected chi connectivity index (χ4v) is 2.42. The van der Waals surface area contributed by atoms with Gasteiger partial charge in [0.25, 0.3) is 0 Å². The van der Waals surface area contributed by atoms with Crippen LogP contribution in [-0.2, 0) is 15.0 Å². The number of hydrogen-bond donors (Lipinski definition) is 2. The number of carbonyl (C=O) groups is 2. The van der Waals surface area contributed by atoms with E-state index >= 15 is 0 Å². The highest BCUT2D eigenvalue weighted by molar-refractivity contribution is 5.92. The average Bonchev–Trinajstić information content (AvgIpc) is 3.22. The number of benzene rings is 1. The quantitative estimate of drug-likeness (QED) is 0.837. The van der Waals surface area contributed by atoms with E-state index in [1.54, 1.807) is 0 Å². The van der Waals surface area contributed by atoms with E-state index in [9.17, 15) is 9.59 Å². The van der Waals surface area contributed by atoms with Gasteiger partial charge in [0.1, 0.15) is 0 Å². The first-order chi connectivity index (χ1) is 9.62. The molecule has 0 aromatic heterocycles. The molecule has 1 aliphatic rings. The molecule has 4 nitrogen and oxygen atoms in total. The van der Waals surface area contributed by atoms with Crippen molar-refractivity contribution < 1.29 is 9.59 Å². The van der Waals surface area contributed by atoms with Crippen LogP contribution in [0.2, 0.25) is 0 Å². The lowest BCUT2D eigenvalue weighted by molar-refractivity contribution is -0.123. The first kappa shape index (κ1) is 14.6. The van der Waals surface area contributed by atoms with Crippen LogP contribution in [0.1, 0.15) is 45.1 Å². The van der Waals surface area contributed by atoms with Gasteiger partial charge < -0.3 is 10.6 Å². The molecular weight excluding hydrogens is 252 g/mol. The minimum atomic E-state index is -0.331. The molecule has 1 saturated carbocycles. The second kappa shape index (κ2) is 6.07. The largest absolute Gasteiger partial charge is 0.356 e. The average molecular weight is 274 g/mol. The van der Waals surface area contributed by atoms with Crippen LogP contribution in [0.25, 0.3) is 0 Å². The predicted molar refractivity (Wildman–Crippen MR) is 79.6 cm³/mol. The van der Waals surface area contributed by atoms with E-state index in [1.807, 2.05) is 38.1 Å². The molecule has 2 amide bonds. The van der Waals surface area contributed by atoms with Crippen molar-refractivity contribution in [2.75, 3.05) is 11.9 Å². The maximum atomic E-state index is 12.1. The van der Waals surface area contributed by atoms with E-state index in [2.05, 4.69) is 10.6 Å². The zero-order valence-electron chi connectivity index (χ0n) is 12.2. The Labute approximate surface area is 119 Å². The Kier molecular flexibility index (Phi) is 4.42. The maximum Gasteiger partial charge on any atom is 0.230 e. The number of anilines is 1. The van der Waals surface area contributed by atoms with Crippen molar-refractivity contribution in [3.8, 4) is 0 Å². The molecule has 0 radical (unpaired) electrons. The van der Waals surface area contributed by atoms with Crippen LogP contribution in [0.5, 0.6) is 0 Å². The number of carbonyl (C=O) groups excluding carboxylic acids is 2. The summed E-state index contributed by atoms with van der Waals surface area (Å²) in [5, 5.41) is 5.76. The van der Waals surface area contributed by atoms with E-state index in [4.69, 9.17) is 0 Å². The highest BCUT2D eigenvalue weighted by atomic mass is 16.2. The molecule has 0 unspecified atom stereocenters. The molecule has 1 aromatic carbocycles. The topological polar surface area (TPSA) is 58.2 Å². The molecular formula is C16H22N2O2. The summed E-state index contributed by atoms with van der Waals surface area (Å²) in [6.07, 6.45) is 3.18. The van der Waals surface area contributed by atoms with Crippen molar-refractivity contribution in [1.29, 1.82) is 0 Å². The molecule has 20 heavy (non-hydrogen) atoms. The predicted octanol–water partition coefficient (Wildman–Crippen LogP) is 2.59. The fraction of sp³-hybridized carbons (Fsp3) is 0.500. The van der Waals surface area contributed by atoms with E-state index in [1.165, 1.54) is 0 Å². The molecule has 2 N–H and O–H groups in total. The third-order valence-electron chi connectivity index (χ3n) is 3.72. The third-order valence-corrected chi connectivity index (χ3v) is 3.72. The normalized spacial score (nSPS) is 15.5. The van der Waals surface area contributed by atoms with E-state index in [0.29, 0.717) is 13.0 Å². The van der Waals surface area contributed by atoms with Crippen molar-refractivity contribution in [3.63, 3.8) is 0 Å².